The van der Waals surface area contributed by atoms with E-state index in [0.29, 0.717) is 6.04 Å². The van der Waals surface area contributed by atoms with Crippen molar-refractivity contribution in [3.8, 4) is 0 Å². The van der Waals surface area contributed by atoms with E-state index in [1.165, 1.54) is 32.1 Å². The van der Waals surface area contributed by atoms with Gasteiger partial charge in [-0.1, -0.05) is 0 Å². The van der Waals surface area contributed by atoms with Crippen LogP contribution in [0.5, 0.6) is 0 Å². The molecule has 5 rings (SSSR count). The lowest BCUT2D eigenvalue weighted by Crippen LogP contribution is -2.57. The summed E-state index contributed by atoms with van der Waals surface area (Å²) in [6.07, 6.45) is 7.30. The molecule has 0 spiro atoms. The highest BCUT2D eigenvalue weighted by molar-refractivity contribution is 7.80. The molecule has 0 aromatic heterocycles. The third kappa shape index (κ3) is 3.26. The van der Waals surface area contributed by atoms with Crippen LogP contribution in [0, 0.1) is 23.7 Å². The van der Waals surface area contributed by atoms with E-state index < -0.39 is 0 Å². The van der Waals surface area contributed by atoms with E-state index in [9.17, 15) is 0 Å². The Balaban J connectivity index is 1.21. The summed E-state index contributed by atoms with van der Waals surface area (Å²) in [5.74, 6) is 3.83. The summed E-state index contributed by atoms with van der Waals surface area (Å²) in [7, 11) is 0. The van der Waals surface area contributed by atoms with Crippen molar-refractivity contribution >= 4 is 17.3 Å². The predicted molar refractivity (Wildman–Crippen MR) is 91.8 cm³/mol. The highest BCUT2D eigenvalue weighted by Crippen LogP contribution is 2.53. The average Bonchev–Trinajstić information content (AvgIpc) is 2.51. The maximum atomic E-state index is 5.55. The van der Waals surface area contributed by atoms with Gasteiger partial charge >= 0.3 is 0 Å². The van der Waals surface area contributed by atoms with E-state index in [0.717, 1.165) is 68.2 Å². The van der Waals surface area contributed by atoms with Crippen molar-refractivity contribution in [1.82, 2.24) is 15.5 Å². The zero-order valence-electron chi connectivity index (χ0n) is 13.4. The van der Waals surface area contributed by atoms with Crippen molar-refractivity contribution < 1.29 is 4.74 Å². The molecule has 0 unspecified atom stereocenters. The fourth-order valence-corrected chi connectivity index (χ4v) is 5.75. The van der Waals surface area contributed by atoms with Crippen LogP contribution in [-0.4, -0.2) is 55.4 Å². The van der Waals surface area contributed by atoms with Crippen LogP contribution in [0.15, 0.2) is 0 Å². The first kappa shape index (κ1) is 15.2. The van der Waals surface area contributed by atoms with Crippen LogP contribution >= 0.6 is 12.2 Å². The second-order valence-electron chi connectivity index (χ2n) is 7.81. The number of nitrogens with one attached hydrogen (secondary N) is 2. The molecule has 4 aliphatic carbocycles. The summed E-state index contributed by atoms with van der Waals surface area (Å²) in [6, 6.07) is 0.649. The van der Waals surface area contributed by atoms with Gasteiger partial charge in [-0.3, -0.25) is 4.90 Å². The second kappa shape index (κ2) is 6.62. The first-order valence-corrected chi connectivity index (χ1v) is 9.53. The zero-order chi connectivity index (χ0) is 14.9. The number of rotatable bonds is 4. The predicted octanol–water partition coefficient (Wildman–Crippen LogP) is 1.61. The van der Waals surface area contributed by atoms with E-state index in [1.54, 1.807) is 0 Å². The molecule has 1 saturated heterocycles. The fraction of sp³-hybridized carbons (Fsp3) is 0.941. The van der Waals surface area contributed by atoms with E-state index in [2.05, 4.69) is 15.5 Å². The van der Waals surface area contributed by atoms with Crippen LogP contribution in [0.1, 0.15) is 32.1 Å². The summed E-state index contributed by atoms with van der Waals surface area (Å²) in [4.78, 5) is 2.45. The van der Waals surface area contributed by atoms with Gasteiger partial charge in [-0.2, -0.15) is 0 Å². The van der Waals surface area contributed by atoms with Crippen LogP contribution in [0.25, 0.3) is 0 Å². The second-order valence-corrected chi connectivity index (χ2v) is 8.22. The van der Waals surface area contributed by atoms with Gasteiger partial charge in [0.1, 0.15) is 0 Å². The summed E-state index contributed by atoms with van der Waals surface area (Å²) in [6.45, 7) is 5.85. The highest BCUT2D eigenvalue weighted by Gasteiger charge is 2.48. The topological polar surface area (TPSA) is 36.5 Å². The maximum Gasteiger partial charge on any atom is 0.166 e. The number of nitrogens with zero attached hydrogens (tertiary/aromatic N) is 1. The Bertz CT molecular complexity index is 383. The van der Waals surface area contributed by atoms with Gasteiger partial charge in [0.05, 0.1) is 13.2 Å². The Morgan fingerprint density at radius 2 is 1.64 bits per heavy atom. The van der Waals surface area contributed by atoms with E-state index in [-0.39, 0.29) is 0 Å². The highest BCUT2D eigenvalue weighted by atomic mass is 32.1. The van der Waals surface area contributed by atoms with Crippen molar-refractivity contribution in [3.05, 3.63) is 0 Å². The number of ether oxygens (including phenoxy) is 1. The standard InChI is InChI=1S/C17H29N3OS/c22-17(18-1-2-20-3-5-21-6-4-20)19-16-14-8-12-7-13(10-14)11-15(16)9-12/h12-16H,1-11H2,(H2,18,19,22). The molecule has 0 atom stereocenters. The van der Waals surface area contributed by atoms with Crippen LogP contribution in [0.3, 0.4) is 0 Å². The van der Waals surface area contributed by atoms with Crippen molar-refractivity contribution in [1.29, 1.82) is 0 Å². The molecule has 0 aromatic carbocycles. The molecule has 0 amide bonds. The quantitative estimate of drug-likeness (QED) is 0.769. The van der Waals surface area contributed by atoms with Gasteiger partial charge < -0.3 is 15.4 Å². The molecule has 4 bridgehead atoms. The monoisotopic (exact) mass is 323 g/mol. The lowest BCUT2D eigenvalue weighted by Gasteiger charge is -2.54. The van der Waals surface area contributed by atoms with Crippen molar-refractivity contribution in [3.63, 3.8) is 0 Å². The minimum absolute atomic E-state index is 0.649. The fourth-order valence-electron chi connectivity index (χ4n) is 5.52. The van der Waals surface area contributed by atoms with Crippen molar-refractivity contribution in [2.75, 3.05) is 39.4 Å². The smallest absolute Gasteiger partial charge is 0.166 e. The molecule has 2 N–H and O–H groups in total. The van der Waals surface area contributed by atoms with E-state index >= 15 is 0 Å². The number of hydrogen-bond acceptors (Lipinski definition) is 3. The zero-order valence-corrected chi connectivity index (χ0v) is 14.2. The summed E-state index contributed by atoms with van der Waals surface area (Å²) >= 11 is 5.55. The first-order valence-electron chi connectivity index (χ1n) is 9.12. The number of thiocarbonyl (C=S) groups is 1. The van der Waals surface area contributed by atoms with Crippen LogP contribution < -0.4 is 10.6 Å². The minimum Gasteiger partial charge on any atom is -0.379 e. The Labute approximate surface area is 139 Å². The first-order chi connectivity index (χ1) is 10.8. The molecule has 4 saturated carbocycles. The third-order valence-corrected chi connectivity index (χ3v) is 6.60. The molecule has 4 nitrogen and oxygen atoms in total. The molecule has 1 heterocycles. The van der Waals surface area contributed by atoms with Gasteiger partial charge in [0.25, 0.3) is 0 Å². The van der Waals surface area contributed by atoms with Crippen LogP contribution in [0.4, 0.5) is 0 Å². The molecule has 0 radical (unpaired) electrons. The van der Waals surface area contributed by atoms with Crippen molar-refractivity contribution in [2.24, 2.45) is 23.7 Å². The SMILES string of the molecule is S=C(NCCN1CCOCC1)NC1C2CC3CC(C2)CC1C3. The summed E-state index contributed by atoms with van der Waals surface area (Å²) in [5, 5.41) is 7.98. The molecule has 0 aromatic rings. The lowest BCUT2D eigenvalue weighted by molar-refractivity contribution is -0.00697. The number of hydrogen-bond donors (Lipinski definition) is 2. The molecular weight excluding hydrogens is 294 g/mol. The maximum absolute atomic E-state index is 5.55. The molecule has 1 aliphatic heterocycles. The Hall–Kier alpha value is -0.390. The van der Waals surface area contributed by atoms with Crippen LogP contribution in [0.2, 0.25) is 0 Å². The van der Waals surface area contributed by atoms with Gasteiger partial charge in [-0.15, -0.1) is 0 Å². The Morgan fingerprint density at radius 1 is 1.00 bits per heavy atom. The Morgan fingerprint density at radius 3 is 2.27 bits per heavy atom. The molecule has 5 aliphatic rings. The number of morpholine rings is 1. The van der Waals surface area contributed by atoms with Gasteiger partial charge in [0, 0.05) is 32.2 Å². The molecule has 124 valence electrons. The van der Waals surface area contributed by atoms with E-state index in [1.807, 2.05) is 0 Å². The summed E-state index contributed by atoms with van der Waals surface area (Å²) < 4.78 is 5.38. The molecule has 5 fully saturated rings. The average molecular weight is 324 g/mol. The molecule has 5 heteroatoms. The lowest BCUT2D eigenvalue weighted by atomic mass is 9.54. The minimum atomic E-state index is 0.649. The normalized spacial score (nSPS) is 40.6. The third-order valence-electron chi connectivity index (χ3n) is 6.34. The van der Waals surface area contributed by atoms with Gasteiger partial charge in [-0.25, -0.2) is 0 Å². The van der Waals surface area contributed by atoms with Gasteiger partial charge in [0.15, 0.2) is 5.11 Å². The summed E-state index contributed by atoms with van der Waals surface area (Å²) in [5.41, 5.74) is 0. The largest absolute Gasteiger partial charge is 0.379 e. The molecular formula is C17H29N3OS. The van der Waals surface area contributed by atoms with Gasteiger partial charge in [-0.05, 0) is 68.0 Å². The Kier molecular flexibility index (Phi) is 4.56. The van der Waals surface area contributed by atoms with Gasteiger partial charge in [0.2, 0.25) is 0 Å². The van der Waals surface area contributed by atoms with E-state index in [4.69, 9.17) is 17.0 Å². The van der Waals surface area contributed by atoms with Crippen LogP contribution in [-0.2, 0) is 4.74 Å². The molecule has 22 heavy (non-hydrogen) atoms. The van der Waals surface area contributed by atoms with Crippen molar-refractivity contribution in [2.45, 2.75) is 38.1 Å².